The van der Waals surface area contributed by atoms with Gasteiger partial charge in [0.2, 0.25) is 5.91 Å². The van der Waals surface area contributed by atoms with Gasteiger partial charge in [-0.3, -0.25) is 4.79 Å². The highest BCUT2D eigenvalue weighted by Crippen LogP contribution is 2.18. The summed E-state index contributed by atoms with van der Waals surface area (Å²) in [6.07, 6.45) is 3.07. The third kappa shape index (κ3) is 4.43. The summed E-state index contributed by atoms with van der Waals surface area (Å²) in [4.78, 5) is 24.1. The van der Waals surface area contributed by atoms with Gasteiger partial charge >= 0.3 is 6.09 Å². The second-order valence-electron chi connectivity index (χ2n) is 4.97. The zero-order valence-electron chi connectivity index (χ0n) is 11.6. The molecule has 1 aromatic carbocycles. The molecule has 0 saturated carbocycles. The van der Waals surface area contributed by atoms with E-state index in [1.54, 1.807) is 12.1 Å². The molecule has 1 aromatic rings. The van der Waals surface area contributed by atoms with Crippen LogP contribution in [-0.4, -0.2) is 30.1 Å². The summed E-state index contributed by atoms with van der Waals surface area (Å²) in [7, 11) is 0. The molecule has 21 heavy (non-hydrogen) atoms. The van der Waals surface area contributed by atoms with Gasteiger partial charge in [-0.05, 0) is 37.0 Å². The van der Waals surface area contributed by atoms with Crippen molar-refractivity contribution in [2.24, 2.45) is 0 Å². The molecule has 0 atom stereocenters. The van der Waals surface area contributed by atoms with Gasteiger partial charge in [-0.2, -0.15) is 0 Å². The maximum absolute atomic E-state index is 13.0. The SMILES string of the molecule is O=C(CCCCCc1ccc(F)c(Cl)c1)N1CCOC1=O. The van der Waals surface area contributed by atoms with E-state index in [1.807, 2.05) is 0 Å². The van der Waals surface area contributed by atoms with Crippen LogP contribution in [0.3, 0.4) is 0 Å². The molecular formula is C15H17ClFNO3. The largest absolute Gasteiger partial charge is 0.447 e. The van der Waals surface area contributed by atoms with Crippen LogP contribution in [0.2, 0.25) is 5.02 Å². The lowest BCUT2D eigenvalue weighted by atomic mass is 10.1. The summed E-state index contributed by atoms with van der Waals surface area (Å²) in [5, 5.41) is 0.134. The van der Waals surface area contributed by atoms with Gasteiger partial charge in [0.1, 0.15) is 12.4 Å². The van der Waals surface area contributed by atoms with E-state index in [0.29, 0.717) is 13.0 Å². The number of hydrogen-bond donors (Lipinski definition) is 0. The number of carbonyl (C=O) groups is 2. The van der Waals surface area contributed by atoms with Crippen LogP contribution < -0.4 is 0 Å². The fourth-order valence-electron chi connectivity index (χ4n) is 2.23. The second kappa shape index (κ2) is 7.41. The zero-order valence-corrected chi connectivity index (χ0v) is 12.4. The van der Waals surface area contributed by atoms with Crippen LogP contribution in [0, 0.1) is 5.82 Å². The number of halogens is 2. The predicted molar refractivity (Wildman–Crippen MR) is 76.6 cm³/mol. The number of hydrogen-bond acceptors (Lipinski definition) is 3. The van der Waals surface area contributed by atoms with Gasteiger partial charge in [-0.15, -0.1) is 0 Å². The van der Waals surface area contributed by atoms with Crippen molar-refractivity contribution in [3.63, 3.8) is 0 Å². The average molecular weight is 314 g/mol. The van der Waals surface area contributed by atoms with E-state index >= 15 is 0 Å². The lowest BCUT2D eigenvalue weighted by molar-refractivity contribution is -0.127. The molecule has 1 heterocycles. The molecule has 1 saturated heterocycles. The molecule has 4 nitrogen and oxygen atoms in total. The van der Waals surface area contributed by atoms with E-state index in [2.05, 4.69) is 0 Å². The van der Waals surface area contributed by atoms with Crippen LogP contribution in [0.15, 0.2) is 18.2 Å². The lowest BCUT2D eigenvalue weighted by Gasteiger charge is -2.10. The summed E-state index contributed by atoms with van der Waals surface area (Å²) in [6, 6.07) is 4.70. The van der Waals surface area contributed by atoms with Crippen molar-refractivity contribution in [2.45, 2.75) is 32.1 Å². The van der Waals surface area contributed by atoms with E-state index in [1.165, 1.54) is 6.07 Å². The number of aryl methyl sites for hydroxylation is 1. The van der Waals surface area contributed by atoms with Crippen LogP contribution >= 0.6 is 11.6 Å². The first kappa shape index (κ1) is 15.8. The molecule has 0 bridgehead atoms. The molecule has 114 valence electrons. The molecule has 0 aliphatic carbocycles. The minimum Gasteiger partial charge on any atom is -0.447 e. The molecule has 2 rings (SSSR count). The Balaban J connectivity index is 1.64. The molecule has 0 radical (unpaired) electrons. The minimum atomic E-state index is -0.541. The monoisotopic (exact) mass is 313 g/mol. The van der Waals surface area contributed by atoms with Crippen LogP contribution in [0.25, 0.3) is 0 Å². The first-order chi connectivity index (χ1) is 10.1. The third-order valence-electron chi connectivity index (χ3n) is 3.40. The Morgan fingerprint density at radius 3 is 2.81 bits per heavy atom. The Morgan fingerprint density at radius 2 is 2.14 bits per heavy atom. The first-order valence-corrected chi connectivity index (χ1v) is 7.37. The Kier molecular flexibility index (Phi) is 5.56. The predicted octanol–water partition coefficient (Wildman–Crippen LogP) is 3.56. The Bertz CT molecular complexity index is 536. The second-order valence-corrected chi connectivity index (χ2v) is 5.38. The molecule has 1 aliphatic rings. The van der Waals surface area contributed by atoms with E-state index in [0.717, 1.165) is 36.1 Å². The fourth-order valence-corrected chi connectivity index (χ4v) is 2.44. The smallest absolute Gasteiger partial charge is 0.416 e. The molecule has 2 amide bonds. The Labute approximate surface area is 127 Å². The number of nitrogens with zero attached hydrogens (tertiary/aromatic N) is 1. The highest BCUT2D eigenvalue weighted by Gasteiger charge is 2.27. The van der Waals surface area contributed by atoms with Crippen molar-refractivity contribution in [2.75, 3.05) is 13.2 Å². The molecule has 0 N–H and O–H groups in total. The molecule has 0 aromatic heterocycles. The third-order valence-corrected chi connectivity index (χ3v) is 3.69. The van der Waals surface area contributed by atoms with Crippen LogP contribution in [0.1, 0.15) is 31.2 Å². The van der Waals surface area contributed by atoms with Crippen molar-refractivity contribution in [3.05, 3.63) is 34.6 Å². The molecule has 0 unspecified atom stereocenters. The van der Waals surface area contributed by atoms with Gasteiger partial charge in [0.05, 0.1) is 11.6 Å². The summed E-state index contributed by atoms with van der Waals surface area (Å²) in [5.74, 6) is -0.592. The van der Waals surface area contributed by atoms with Crippen LogP contribution in [0.5, 0.6) is 0 Å². The highest BCUT2D eigenvalue weighted by atomic mass is 35.5. The van der Waals surface area contributed by atoms with Crippen molar-refractivity contribution in [1.82, 2.24) is 4.90 Å². The van der Waals surface area contributed by atoms with Crippen molar-refractivity contribution in [1.29, 1.82) is 0 Å². The minimum absolute atomic E-state index is 0.134. The highest BCUT2D eigenvalue weighted by molar-refractivity contribution is 6.30. The number of cyclic esters (lactones) is 1. The zero-order chi connectivity index (χ0) is 15.2. The Hall–Kier alpha value is -1.62. The number of unbranched alkanes of at least 4 members (excludes halogenated alkanes) is 2. The van der Waals surface area contributed by atoms with Crippen molar-refractivity contribution >= 4 is 23.6 Å². The fraction of sp³-hybridized carbons (Fsp3) is 0.467. The quantitative estimate of drug-likeness (QED) is 0.754. The number of amides is 2. The number of ether oxygens (including phenoxy) is 1. The average Bonchev–Trinajstić information content (AvgIpc) is 2.88. The van der Waals surface area contributed by atoms with E-state index in [-0.39, 0.29) is 17.5 Å². The van der Waals surface area contributed by atoms with E-state index in [4.69, 9.17) is 16.3 Å². The van der Waals surface area contributed by atoms with Gasteiger partial charge < -0.3 is 4.74 Å². The standard InChI is InChI=1S/C15H17ClFNO3/c16-12-10-11(6-7-13(12)17)4-2-1-3-5-14(19)18-8-9-21-15(18)20/h6-7,10H,1-5,8-9H2. The maximum Gasteiger partial charge on any atom is 0.416 e. The van der Waals surface area contributed by atoms with Gasteiger partial charge in [0.25, 0.3) is 0 Å². The topological polar surface area (TPSA) is 46.6 Å². The Morgan fingerprint density at radius 1 is 1.33 bits per heavy atom. The summed E-state index contributed by atoms with van der Waals surface area (Å²) < 4.78 is 17.7. The van der Waals surface area contributed by atoms with Crippen LogP contribution in [-0.2, 0) is 16.0 Å². The maximum atomic E-state index is 13.0. The molecule has 1 fully saturated rings. The number of benzene rings is 1. The molecule has 6 heteroatoms. The first-order valence-electron chi connectivity index (χ1n) is 6.99. The van der Waals surface area contributed by atoms with Crippen molar-refractivity contribution < 1.29 is 18.7 Å². The van der Waals surface area contributed by atoms with E-state index < -0.39 is 11.9 Å². The lowest BCUT2D eigenvalue weighted by Crippen LogP contribution is -2.31. The number of rotatable bonds is 6. The summed E-state index contributed by atoms with van der Waals surface area (Å²) in [5.41, 5.74) is 0.982. The molecule has 0 spiro atoms. The van der Waals surface area contributed by atoms with Gasteiger partial charge in [0, 0.05) is 6.42 Å². The molecule has 1 aliphatic heterocycles. The normalized spacial score (nSPS) is 14.4. The summed E-state index contributed by atoms with van der Waals surface area (Å²) >= 11 is 5.71. The van der Waals surface area contributed by atoms with E-state index in [9.17, 15) is 14.0 Å². The van der Waals surface area contributed by atoms with Crippen molar-refractivity contribution in [3.8, 4) is 0 Å². The number of carbonyl (C=O) groups excluding carboxylic acids is 2. The van der Waals surface area contributed by atoms with Gasteiger partial charge in [0.15, 0.2) is 0 Å². The number of imide groups is 1. The summed E-state index contributed by atoms with van der Waals surface area (Å²) in [6.45, 7) is 0.641. The van der Waals surface area contributed by atoms with Gasteiger partial charge in [-0.1, -0.05) is 24.1 Å². The van der Waals surface area contributed by atoms with Gasteiger partial charge in [-0.25, -0.2) is 14.1 Å². The van der Waals surface area contributed by atoms with Crippen LogP contribution in [0.4, 0.5) is 9.18 Å². The molecular weight excluding hydrogens is 297 g/mol.